The average Bonchev–Trinajstić information content (AvgIpc) is 2.73. The van der Waals surface area contributed by atoms with E-state index in [1.54, 1.807) is 0 Å². The molecule has 0 aliphatic heterocycles. The van der Waals surface area contributed by atoms with Gasteiger partial charge in [0, 0.05) is 6.54 Å². The van der Waals surface area contributed by atoms with Crippen LogP contribution in [0.15, 0.2) is 18.2 Å². The Morgan fingerprint density at radius 3 is 2.74 bits per heavy atom. The Labute approximate surface area is 115 Å². The van der Waals surface area contributed by atoms with Gasteiger partial charge in [-0.2, -0.15) is 0 Å². The van der Waals surface area contributed by atoms with E-state index < -0.39 is 5.60 Å². The van der Waals surface area contributed by atoms with Gasteiger partial charge in [-0.25, -0.2) is 4.79 Å². The monoisotopic (exact) mass is 261 g/mol. The standard InChI is InChI=1S/C16H23NO2/c1-16(2,3)19-15(18)17-10-9-12-7-8-13-5-4-6-14(13)11-12/h7-8,11H,4-6,9-10H2,1-3H3,(H,17,18). The highest BCUT2D eigenvalue weighted by Crippen LogP contribution is 2.22. The Hall–Kier alpha value is -1.51. The minimum absolute atomic E-state index is 0.339. The summed E-state index contributed by atoms with van der Waals surface area (Å²) in [5, 5.41) is 2.79. The molecule has 0 bridgehead atoms. The number of hydrogen-bond donors (Lipinski definition) is 1. The van der Waals surface area contributed by atoms with Crippen LogP contribution in [0.3, 0.4) is 0 Å². The van der Waals surface area contributed by atoms with Crippen molar-refractivity contribution in [3.8, 4) is 0 Å². The highest BCUT2D eigenvalue weighted by molar-refractivity contribution is 5.67. The Morgan fingerprint density at radius 2 is 2.00 bits per heavy atom. The molecule has 1 aromatic rings. The minimum Gasteiger partial charge on any atom is -0.444 e. The topological polar surface area (TPSA) is 38.3 Å². The van der Waals surface area contributed by atoms with E-state index in [4.69, 9.17) is 4.74 Å². The van der Waals surface area contributed by atoms with Crippen molar-refractivity contribution in [2.75, 3.05) is 6.54 Å². The average molecular weight is 261 g/mol. The summed E-state index contributed by atoms with van der Waals surface area (Å²) in [7, 11) is 0. The van der Waals surface area contributed by atoms with Crippen molar-refractivity contribution in [3.05, 3.63) is 34.9 Å². The molecule has 3 nitrogen and oxygen atoms in total. The Kier molecular flexibility index (Phi) is 4.13. The molecule has 3 heteroatoms. The fraction of sp³-hybridized carbons (Fsp3) is 0.562. The molecule has 104 valence electrons. The van der Waals surface area contributed by atoms with Crippen molar-refractivity contribution in [1.29, 1.82) is 0 Å². The Bertz CT molecular complexity index is 460. The van der Waals surface area contributed by atoms with E-state index in [9.17, 15) is 4.79 Å². The summed E-state index contributed by atoms with van der Waals surface area (Å²) in [6.07, 6.45) is 4.20. The molecule has 1 amide bonds. The number of carbonyl (C=O) groups is 1. The van der Waals surface area contributed by atoms with E-state index in [0.29, 0.717) is 6.54 Å². The Balaban J connectivity index is 1.78. The van der Waals surface area contributed by atoms with Crippen LogP contribution in [0.5, 0.6) is 0 Å². The lowest BCUT2D eigenvalue weighted by Gasteiger charge is -2.19. The first-order valence-corrected chi connectivity index (χ1v) is 7.01. The van der Waals surface area contributed by atoms with Gasteiger partial charge in [-0.3, -0.25) is 0 Å². The maximum absolute atomic E-state index is 11.5. The van der Waals surface area contributed by atoms with Crippen LogP contribution in [0.1, 0.15) is 43.9 Å². The number of hydrogen-bond acceptors (Lipinski definition) is 2. The van der Waals surface area contributed by atoms with Crippen LogP contribution >= 0.6 is 0 Å². The largest absolute Gasteiger partial charge is 0.444 e. The van der Waals surface area contributed by atoms with Crippen molar-refractivity contribution in [1.82, 2.24) is 5.32 Å². The summed E-state index contributed by atoms with van der Waals surface area (Å²) in [6.45, 7) is 6.22. The first-order chi connectivity index (χ1) is 8.94. The molecule has 0 unspecified atom stereocenters. The van der Waals surface area contributed by atoms with Gasteiger partial charge in [0.25, 0.3) is 0 Å². The van der Waals surface area contributed by atoms with E-state index in [1.807, 2.05) is 20.8 Å². The van der Waals surface area contributed by atoms with Gasteiger partial charge in [-0.1, -0.05) is 18.2 Å². The van der Waals surface area contributed by atoms with Crippen LogP contribution in [-0.4, -0.2) is 18.2 Å². The molecule has 2 rings (SSSR count). The Morgan fingerprint density at radius 1 is 1.26 bits per heavy atom. The first kappa shape index (κ1) is 13.9. The lowest BCUT2D eigenvalue weighted by atomic mass is 10.0. The first-order valence-electron chi connectivity index (χ1n) is 7.01. The molecule has 1 aliphatic carbocycles. The fourth-order valence-electron chi connectivity index (χ4n) is 2.40. The van der Waals surface area contributed by atoms with Crippen molar-refractivity contribution in [3.63, 3.8) is 0 Å². The van der Waals surface area contributed by atoms with E-state index in [2.05, 4.69) is 23.5 Å². The molecule has 0 fully saturated rings. The minimum atomic E-state index is -0.433. The maximum Gasteiger partial charge on any atom is 0.407 e. The second-order valence-electron chi connectivity index (χ2n) is 6.14. The normalized spacial score (nSPS) is 14.1. The maximum atomic E-state index is 11.5. The quantitative estimate of drug-likeness (QED) is 0.907. The molecule has 0 saturated carbocycles. The predicted octanol–water partition coefficient (Wildman–Crippen LogP) is 3.24. The number of alkyl carbamates (subject to hydrolysis) is 1. The summed E-state index contributed by atoms with van der Waals surface area (Å²) in [4.78, 5) is 11.5. The van der Waals surface area contributed by atoms with Gasteiger partial charge >= 0.3 is 6.09 Å². The summed E-state index contributed by atoms with van der Waals surface area (Å²) >= 11 is 0. The summed E-state index contributed by atoms with van der Waals surface area (Å²) in [6, 6.07) is 6.67. The second-order valence-corrected chi connectivity index (χ2v) is 6.14. The second kappa shape index (κ2) is 5.64. The zero-order valence-corrected chi connectivity index (χ0v) is 12.1. The van der Waals surface area contributed by atoms with Crippen LogP contribution in [0.2, 0.25) is 0 Å². The third-order valence-electron chi connectivity index (χ3n) is 3.24. The number of fused-ring (bicyclic) bond motifs is 1. The van der Waals surface area contributed by atoms with Gasteiger partial charge < -0.3 is 10.1 Å². The van der Waals surface area contributed by atoms with Gasteiger partial charge in [-0.05, 0) is 63.1 Å². The highest BCUT2D eigenvalue weighted by Gasteiger charge is 2.15. The number of aryl methyl sites for hydroxylation is 2. The van der Waals surface area contributed by atoms with E-state index in [0.717, 1.165) is 6.42 Å². The number of carbonyl (C=O) groups excluding carboxylic acids is 1. The number of benzene rings is 1. The summed E-state index contributed by atoms with van der Waals surface area (Å²) < 4.78 is 5.20. The smallest absolute Gasteiger partial charge is 0.407 e. The predicted molar refractivity (Wildman–Crippen MR) is 76.4 cm³/mol. The van der Waals surface area contributed by atoms with Crippen molar-refractivity contribution >= 4 is 6.09 Å². The number of nitrogens with one attached hydrogen (secondary N) is 1. The van der Waals surface area contributed by atoms with Crippen LogP contribution in [0.25, 0.3) is 0 Å². The SMILES string of the molecule is CC(C)(C)OC(=O)NCCc1ccc2c(c1)CCC2. The van der Waals surface area contributed by atoms with Gasteiger partial charge in [0.1, 0.15) is 5.60 Å². The molecule has 1 N–H and O–H groups in total. The molecule has 0 heterocycles. The van der Waals surface area contributed by atoms with Gasteiger partial charge in [0.2, 0.25) is 0 Å². The van der Waals surface area contributed by atoms with E-state index in [-0.39, 0.29) is 6.09 Å². The molecule has 1 aromatic carbocycles. The lowest BCUT2D eigenvalue weighted by molar-refractivity contribution is 0.0528. The zero-order valence-electron chi connectivity index (χ0n) is 12.1. The molecule has 0 aromatic heterocycles. The fourth-order valence-corrected chi connectivity index (χ4v) is 2.40. The van der Waals surface area contributed by atoms with Crippen LogP contribution in [-0.2, 0) is 24.0 Å². The molecule has 1 aliphatic rings. The zero-order chi connectivity index (χ0) is 13.9. The van der Waals surface area contributed by atoms with Gasteiger partial charge in [0.15, 0.2) is 0 Å². The van der Waals surface area contributed by atoms with Crippen LogP contribution < -0.4 is 5.32 Å². The number of amides is 1. The van der Waals surface area contributed by atoms with Crippen molar-refractivity contribution in [2.24, 2.45) is 0 Å². The van der Waals surface area contributed by atoms with Crippen LogP contribution in [0, 0.1) is 0 Å². The molecular formula is C16H23NO2. The van der Waals surface area contributed by atoms with Crippen molar-refractivity contribution < 1.29 is 9.53 Å². The molecule has 0 radical (unpaired) electrons. The van der Waals surface area contributed by atoms with Crippen LogP contribution in [0.4, 0.5) is 4.79 Å². The molecule has 0 saturated heterocycles. The molecule has 0 spiro atoms. The summed E-state index contributed by atoms with van der Waals surface area (Å²) in [5.41, 5.74) is 3.83. The van der Waals surface area contributed by atoms with Crippen molar-refractivity contribution in [2.45, 2.75) is 52.1 Å². The highest BCUT2D eigenvalue weighted by atomic mass is 16.6. The van der Waals surface area contributed by atoms with E-state index >= 15 is 0 Å². The number of ether oxygens (including phenoxy) is 1. The lowest BCUT2D eigenvalue weighted by Crippen LogP contribution is -2.33. The molecular weight excluding hydrogens is 238 g/mol. The van der Waals surface area contributed by atoms with E-state index in [1.165, 1.54) is 36.0 Å². The third-order valence-corrected chi connectivity index (χ3v) is 3.24. The molecule has 19 heavy (non-hydrogen) atoms. The van der Waals surface area contributed by atoms with Gasteiger partial charge in [0.05, 0.1) is 0 Å². The summed E-state index contributed by atoms with van der Waals surface area (Å²) in [5.74, 6) is 0. The molecule has 0 atom stereocenters. The van der Waals surface area contributed by atoms with Gasteiger partial charge in [-0.15, -0.1) is 0 Å². The number of rotatable bonds is 3. The third kappa shape index (κ3) is 4.27.